The predicted molar refractivity (Wildman–Crippen MR) is 185 cm³/mol. The Labute approximate surface area is 283 Å². The van der Waals surface area contributed by atoms with Gasteiger partial charge in [0.1, 0.15) is 46.0 Å². The number of halogens is 1. The molecule has 7 rings (SSSR count). The van der Waals surface area contributed by atoms with Gasteiger partial charge in [0.15, 0.2) is 0 Å². The second kappa shape index (κ2) is 12.8. The molecule has 0 saturated heterocycles. The number of thiazole rings is 1. The van der Waals surface area contributed by atoms with Crippen molar-refractivity contribution >= 4 is 50.0 Å². The van der Waals surface area contributed by atoms with E-state index in [-0.39, 0.29) is 12.7 Å². The lowest BCUT2D eigenvalue weighted by atomic mass is 9.97. The fourth-order valence-electron chi connectivity index (χ4n) is 5.93. The molecule has 2 aliphatic rings. The van der Waals surface area contributed by atoms with Crippen molar-refractivity contribution in [3.8, 4) is 38.8 Å². The maximum absolute atomic E-state index is 14.6. The number of amides is 1. The van der Waals surface area contributed by atoms with Gasteiger partial charge in [0.25, 0.3) is 0 Å². The normalized spacial score (nSPS) is 16.0. The first-order valence-corrected chi connectivity index (χ1v) is 18.5. The topological polar surface area (TPSA) is 96.8 Å². The first-order chi connectivity index (χ1) is 22.6. The fourth-order valence-corrected chi connectivity index (χ4v) is 9.35. The number of rotatable bonds is 7. The molecule has 1 amide bonds. The maximum atomic E-state index is 14.6. The summed E-state index contributed by atoms with van der Waals surface area (Å²) in [6, 6.07) is 12.8. The smallest absolute Gasteiger partial charge is 0.410 e. The Bertz CT molecular complexity index is 1990. The van der Waals surface area contributed by atoms with E-state index in [0.717, 1.165) is 48.6 Å². The zero-order valence-corrected chi connectivity index (χ0v) is 29.0. The Hall–Kier alpha value is -3.55. The largest absolute Gasteiger partial charge is 0.616 e. The van der Waals surface area contributed by atoms with Crippen LogP contribution in [0.15, 0.2) is 47.8 Å². The van der Waals surface area contributed by atoms with Gasteiger partial charge < -0.3 is 23.7 Å². The number of aromatic nitrogens is 2. The molecular weight excluding hydrogens is 658 g/mol. The molecule has 3 aromatic heterocycles. The minimum absolute atomic E-state index is 0.254. The standard InChI is InChI=1S/C35H34FN3O5S3/c1-35(2,3)44-34(40)39-11-9-26-28(17-39)46-33(37-26)31-29(24-8-7-23(36)16-27(24)43-13-12-42-4)32-25(10-14-45-32)30(38-31)20-5-6-21-18-47(41)19-22(21)15-20/h5-8,10,14-16H,9,11-13,17-19H2,1-4H3. The molecule has 1 unspecified atom stereocenters. The summed E-state index contributed by atoms with van der Waals surface area (Å²) < 4.78 is 44.9. The Morgan fingerprint density at radius 3 is 2.70 bits per heavy atom. The summed E-state index contributed by atoms with van der Waals surface area (Å²) in [6.07, 6.45) is 0.249. The first kappa shape index (κ1) is 32.0. The van der Waals surface area contributed by atoms with Crippen molar-refractivity contribution in [3.63, 3.8) is 0 Å². The Morgan fingerprint density at radius 1 is 1.06 bits per heavy atom. The third kappa shape index (κ3) is 6.49. The molecule has 47 heavy (non-hydrogen) atoms. The van der Waals surface area contributed by atoms with E-state index in [1.807, 2.05) is 32.2 Å². The minimum atomic E-state index is -0.900. The van der Waals surface area contributed by atoms with Crippen LogP contribution in [0.4, 0.5) is 9.18 Å². The van der Waals surface area contributed by atoms with Crippen LogP contribution in [-0.2, 0) is 45.1 Å². The summed E-state index contributed by atoms with van der Waals surface area (Å²) in [5.41, 5.74) is 6.44. The second-order valence-electron chi connectivity index (χ2n) is 12.6. The molecule has 0 spiro atoms. The van der Waals surface area contributed by atoms with Gasteiger partial charge in [0.05, 0.1) is 24.5 Å². The molecular formula is C35H34FN3O5S3. The van der Waals surface area contributed by atoms with Crippen molar-refractivity contribution in [2.24, 2.45) is 0 Å². The van der Waals surface area contributed by atoms with Crippen molar-refractivity contribution in [3.05, 3.63) is 75.4 Å². The number of ether oxygens (including phenoxy) is 3. The van der Waals surface area contributed by atoms with Gasteiger partial charge in [0.2, 0.25) is 0 Å². The van der Waals surface area contributed by atoms with E-state index >= 15 is 0 Å². The number of hydrogen-bond donors (Lipinski definition) is 0. The number of benzene rings is 2. The van der Waals surface area contributed by atoms with E-state index in [4.69, 9.17) is 24.2 Å². The van der Waals surface area contributed by atoms with Gasteiger partial charge in [-0.15, -0.1) is 22.7 Å². The van der Waals surface area contributed by atoms with Crippen LogP contribution >= 0.6 is 22.7 Å². The molecule has 0 N–H and O–H groups in total. The number of methoxy groups -OCH3 is 1. The number of thiophene rings is 1. The van der Waals surface area contributed by atoms with Gasteiger partial charge in [-0.25, -0.2) is 19.2 Å². The van der Waals surface area contributed by atoms with E-state index in [0.29, 0.717) is 59.6 Å². The zero-order chi connectivity index (χ0) is 32.9. The fraction of sp³-hybridized carbons (Fsp3) is 0.343. The van der Waals surface area contributed by atoms with Crippen LogP contribution in [0.3, 0.4) is 0 Å². The van der Waals surface area contributed by atoms with Gasteiger partial charge in [-0.1, -0.05) is 12.1 Å². The summed E-state index contributed by atoms with van der Waals surface area (Å²) in [7, 11) is 1.59. The van der Waals surface area contributed by atoms with Gasteiger partial charge in [-0.2, -0.15) is 0 Å². The van der Waals surface area contributed by atoms with Crippen molar-refractivity contribution < 1.29 is 27.9 Å². The molecule has 0 saturated carbocycles. The quantitative estimate of drug-likeness (QED) is 0.126. The zero-order valence-electron chi connectivity index (χ0n) is 26.6. The van der Waals surface area contributed by atoms with Crippen LogP contribution in [0.5, 0.6) is 5.75 Å². The summed E-state index contributed by atoms with van der Waals surface area (Å²) in [4.78, 5) is 26.1. The number of fused-ring (bicyclic) bond motifs is 3. The molecule has 5 aromatic rings. The van der Waals surface area contributed by atoms with Gasteiger partial charge in [-0.3, -0.25) is 0 Å². The van der Waals surface area contributed by atoms with E-state index in [2.05, 4.69) is 18.2 Å². The molecule has 5 heterocycles. The van der Waals surface area contributed by atoms with Gasteiger partial charge in [-0.05, 0) is 61.6 Å². The lowest BCUT2D eigenvalue weighted by Gasteiger charge is -2.29. The number of carbonyl (C=O) groups excluding carboxylic acids is 1. The summed E-state index contributed by atoms with van der Waals surface area (Å²) >= 11 is 2.19. The van der Waals surface area contributed by atoms with E-state index in [1.54, 1.807) is 29.4 Å². The highest BCUT2D eigenvalue weighted by Gasteiger charge is 2.31. The van der Waals surface area contributed by atoms with Crippen LogP contribution in [0, 0.1) is 5.82 Å². The maximum Gasteiger partial charge on any atom is 0.410 e. The molecule has 8 nitrogen and oxygen atoms in total. The summed E-state index contributed by atoms with van der Waals surface area (Å²) in [5.74, 6) is 1.09. The molecule has 12 heteroatoms. The van der Waals surface area contributed by atoms with Gasteiger partial charge >= 0.3 is 6.09 Å². The van der Waals surface area contributed by atoms with Gasteiger partial charge in [0, 0.05) is 68.9 Å². The van der Waals surface area contributed by atoms with Crippen LogP contribution < -0.4 is 4.74 Å². The number of carbonyl (C=O) groups is 1. The van der Waals surface area contributed by atoms with Crippen LogP contribution in [0.1, 0.15) is 42.5 Å². The molecule has 2 aliphatic heterocycles. The highest BCUT2D eigenvalue weighted by atomic mass is 32.2. The average Bonchev–Trinajstić information content (AvgIpc) is 3.77. The molecule has 0 aliphatic carbocycles. The van der Waals surface area contributed by atoms with Crippen molar-refractivity contribution in [2.75, 3.05) is 26.9 Å². The molecule has 1 atom stereocenters. The van der Waals surface area contributed by atoms with Crippen molar-refractivity contribution in [1.29, 1.82) is 0 Å². The lowest BCUT2D eigenvalue weighted by Crippen LogP contribution is -2.39. The van der Waals surface area contributed by atoms with E-state index in [9.17, 15) is 13.7 Å². The van der Waals surface area contributed by atoms with Crippen LogP contribution in [0.25, 0.3) is 43.2 Å². The molecule has 0 bridgehead atoms. The number of hydrogen-bond acceptors (Lipinski definition) is 9. The van der Waals surface area contributed by atoms with Crippen LogP contribution in [0.2, 0.25) is 0 Å². The highest BCUT2D eigenvalue weighted by Crippen LogP contribution is 2.47. The third-order valence-corrected chi connectivity index (χ3v) is 11.4. The van der Waals surface area contributed by atoms with Crippen molar-refractivity contribution in [1.82, 2.24) is 14.9 Å². The van der Waals surface area contributed by atoms with Crippen molar-refractivity contribution in [2.45, 2.75) is 50.8 Å². The SMILES string of the molecule is COCCOc1cc(F)ccc1-c1c(-c2nc3c(s2)CN(C(=O)OC(C)(C)C)CC3)nc(-c2ccc3c(c2)C[S+]([O-])C3)c2ccsc12. The molecule has 0 radical (unpaired) electrons. The third-order valence-electron chi connectivity index (χ3n) is 8.06. The number of pyridine rings is 1. The highest BCUT2D eigenvalue weighted by molar-refractivity contribution is 7.90. The average molecular weight is 692 g/mol. The van der Waals surface area contributed by atoms with E-state index < -0.39 is 22.6 Å². The predicted octanol–water partition coefficient (Wildman–Crippen LogP) is 7.97. The summed E-state index contributed by atoms with van der Waals surface area (Å²) in [6.45, 7) is 7.09. The van der Waals surface area contributed by atoms with E-state index in [1.165, 1.54) is 23.5 Å². The summed E-state index contributed by atoms with van der Waals surface area (Å²) in [5, 5.41) is 3.70. The first-order valence-electron chi connectivity index (χ1n) is 15.3. The monoisotopic (exact) mass is 691 g/mol. The Kier molecular flexibility index (Phi) is 8.73. The molecule has 244 valence electrons. The number of nitrogens with zero attached hydrogens (tertiary/aromatic N) is 3. The van der Waals surface area contributed by atoms with Crippen LogP contribution in [-0.4, -0.2) is 58.0 Å². The molecule has 0 fully saturated rings. The second-order valence-corrected chi connectivity index (χ2v) is 16.0. The Balaban J connectivity index is 1.39. The Morgan fingerprint density at radius 2 is 1.89 bits per heavy atom. The molecule has 2 aromatic carbocycles. The minimum Gasteiger partial charge on any atom is -0.616 e. The lowest BCUT2D eigenvalue weighted by molar-refractivity contribution is 0.0225.